The Morgan fingerprint density at radius 1 is 1.06 bits per heavy atom. The van der Waals surface area contributed by atoms with Gasteiger partial charge in [0, 0.05) is 13.1 Å². The number of aromatic carboxylic acids is 1. The van der Waals surface area contributed by atoms with Crippen molar-refractivity contribution >= 4 is 23.6 Å². The number of hydrogen-bond donors (Lipinski definition) is 2. The average molecular weight is 453 g/mol. The maximum absolute atomic E-state index is 12.9. The fourth-order valence-corrected chi connectivity index (χ4v) is 2.43. The molecule has 1 aromatic heterocycles. The number of nitrogens with zero attached hydrogens (tertiary/aromatic N) is 4. The summed E-state index contributed by atoms with van der Waals surface area (Å²) < 4.78 is 81.3. The molecular formula is C17H17F6N5O3. The third-order valence-corrected chi connectivity index (χ3v) is 3.87. The van der Waals surface area contributed by atoms with Crippen LogP contribution in [0.2, 0.25) is 0 Å². The zero-order valence-corrected chi connectivity index (χ0v) is 16.1. The van der Waals surface area contributed by atoms with Crippen LogP contribution < -0.4 is 15.0 Å². The van der Waals surface area contributed by atoms with Crippen molar-refractivity contribution < 1.29 is 41.0 Å². The monoisotopic (exact) mass is 453 g/mol. The van der Waals surface area contributed by atoms with Crippen LogP contribution in [0.3, 0.4) is 0 Å². The molecule has 0 amide bonds. The second-order valence-electron chi connectivity index (χ2n) is 5.97. The van der Waals surface area contributed by atoms with Crippen LogP contribution >= 0.6 is 0 Å². The van der Waals surface area contributed by atoms with E-state index in [0.717, 1.165) is 0 Å². The minimum Gasteiger partial charge on any atom is -0.478 e. The number of benzene rings is 1. The molecule has 1 aromatic carbocycles. The van der Waals surface area contributed by atoms with E-state index >= 15 is 0 Å². The highest BCUT2D eigenvalue weighted by Gasteiger charge is 2.59. The Kier molecular flexibility index (Phi) is 7.13. The molecule has 31 heavy (non-hydrogen) atoms. The van der Waals surface area contributed by atoms with Gasteiger partial charge in [-0.15, -0.1) is 0 Å². The van der Waals surface area contributed by atoms with Gasteiger partial charge in [-0.2, -0.15) is 41.3 Å². The number of anilines is 3. The highest BCUT2D eigenvalue weighted by molar-refractivity contribution is 5.94. The summed E-state index contributed by atoms with van der Waals surface area (Å²) in [7, 11) is 0. The van der Waals surface area contributed by atoms with E-state index in [0.29, 0.717) is 0 Å². The van der Waals surface area contributed by atoms with Gasteiger partial charge in [0.05, 0.1) is 11.3 Å². The lowest BCUT2D eigenvalue weighted by Crippen LogP contribution is -2.47. The van der Waals surface area contributed by atoms with Gasteiger partial charge in [0.25, 0.3) is 6.10 Å². The lowest BCUT2D eigenvalue weighted by atomic mass is 10.2. The number of ether oxygens (including phenoxy) is 1. The van der Waals surface area contributed by atoms with Gasteiger partial charge in [0.2, 0.25) is 11.9 Å². The summed E-state index contributed by atoms with van der Waals surface area (Å²) in [5.74, 6) is -2.08. The zero-order valence-electron chi connectivity index (χ0n) is 16.1. The number of carboxylic acid groups (broad SMARTS) is 1. The van der Waals surface area contributed by atoms with Gasteiger partial charge in [-0.05, 0) is 26.0 Å². The molecule has 0 atom stereocenters. The van der Waals surface area contributed by atoms with Crippen LogP contribution in [0.1, 0.15) is 24.2 Å². The quantitative estimate of drug-likeness (QED) is 0.578. The molecule has 0 aliphatic rings. The predicted octanol–water partition coefficient (Wildman–Crippen LogP) is 4.03. The van der Waals surface area contributed by atoms with Crippen molar-refractivity contribution in [2.45, 2.75) is 32.3 Å². The average Bonchev–Trinajstić information content (AvgIpc) is 2.65. The van der Waals surface area contributed by atoms with Gasteiger partial charge < -0.3 is 20.1 Å². The first-order valence-corrected chi connectivity index (χ1v) is 8.77. The number of carbonyl (C=O) groups is 1. The minimum atomic E-state index is -5.77. The Labute approximate surface area is 171 Å². The number of nitrogens with one attached hydrogen (secondary N) is 1. The fourth-order valence-electron chi connectivity index (χ4n) is 2.43. The summed E-state index contributed by atoms with van der Waals surface area (Å²) in [6.45, 7) is 3.86. The van der Waals surface area contributed by atoms with Gasteiger partial charge in [0.15, 0.2) is 0 Å². The molecule has 0 aliphatic carbocycles. The van der Waals surface area contributed by atoms with E-state index in [4.69, 9.17) is 0 Å². The van der Waals surface area contributed by atoms with Gasteiger partial charge >= 0.3 is 24.3 Å². The molecule has 0 saturated heterocycles. The molecule has 0 radical (unpaired) electrons. The molecule has 8 nitrogen and oxygen atoms in total. The van der Waals surface area contributed by atoms with Gasteiger partial charge in [0.1, 0.15) is 0 Å². The number of halogens is 6. The minimum absolute atomic E-state index is 0.0409. The molecule has 0 spiro atoms. The van der Waals surface area contributed by atoms with Crippen LogP contribution in [0.5, 0.6) is 6.01 Å². The number of para-hydroxylation sites is 1. The molecular weight excluding hydrogens is 436 g/mol. The highest BCUT2D eigenvalue weighted by atomic mass is 19.4. The third kappa shape index (κ3) is 6.08. The van der Waals surface area contributed by atoms with Gasteiger partial charge in [-0.3, -0.25) is 0 Å². The number of carboxylic acids is 1. The number of aromatic nitrogens is 3. The molecule has 2 aromatic rings. The molecule has 170 valence electrons. The Morgan fingerprint density at radius 3 is 2.16 bits per heavy atom. The SMILES string of the molecule is CCN(CC)c1nc(Nc2ccccc2C(=O)O)nc(OC(C(F)(F)F)C(F)(F)F)n1. The standard InChI is InChI=1S/C17H17F6N5O3/c1-3-28(4-2)14-25-13(24-10-8-6-5-7-9(10)11(29)30)26-15(27-14)31-12(16(18,19)20)17(21,22)23/h5-8,12H,3-4H2,1-2H3,(H,29,30)(H,24,25,26,27). The molecule has 2 rings (SSSR count). The van der Waals surface area contributed by atoms with Crippen LogP contribution in [0, 0.1) is 0 Å². The normalized spacial score (nSPS) is 12.0. The molecule has 0 bridgehead atoms. The zero-order chi connectivity index (χ0) is 23.4. The largest absolute Gasteiger partial charge is 0.478 e. The van der Waals surface area contributed by atoms with E-state index in [-0.39, 0.29) is 30.3 Å². The smallest absolute Gasteiger partial charge is 0.434 e. The summed E-state index contributed by atoms with van der Waals surface area (Å²) in [5.41, 5.74) is -0.265. The van der Waals surface area contributed by atoms with E-state index < -0.39 is 36.4 Å². The van der Waals surface area contributed by atoms with Crippen LogP contribution in [-0.4, -0.2) is 57.6 Å². The summed E-state index contributed by atoms with van der Waals surface area (Å²) in [6.07, 6.45) is -15.7. The van der Waals surface area contributed by atoms with Crippen molar-refractivity contribution in [2.75, 3.05) is 23.3 Å². The molecule has 0 fully saturated rings. The van der Waals surface area contributed by atoms with E-state index in [1.54, 1.807) is 13.8 Å². The van der Waals surface area contributed by atoms with Crippen molar-refractivity contribution in [3.05, 3.63) is 29.8 Å². The molecule has 14 heteroatoms. The predicted molar refractivity (Wildman–Crippen MR) is 96.6 cm³/mol. The van der Waals surface area contributed by atoms with Crippen molar-refractivity contribution in [3.8, 4) is 6.01 Å². The summed E-state index contributed by atoms with van der Waals surface area (Å²) in [5, 5.41) is 11.7. The van der Waals surface area contributed by atoms with E-state index in [1.165, 1.54) is 29.2 Å². The van der Waals surface area contributed by atoms with E-state index in [9.17, 15) is 36.2 Å². The lowest BCUT2D eigenvalue weighted by Gasteiger charge is -2.24. The highest BCUT2D eigenvalue weighted by Crippen LogP contribution is 2.36. The maximum atomic E-state index is 12.9. The van der Waals surface area contributed by atoms with E-state index in [1.807, 2.05) is 0 Å². The molecule has 2 N–H and O–H groups in total. The number of alkyl halides is 6. The van der Waals surface area contributed by atoms with Crippen molar-refractivity contribution in [1.29, 1.82) is 0 Å². The Bertz CT molecular complexity index is 904. The lowest BCUT2D eigenvalue weighted by molar-refractivity contribution is -0.301. The first-order chi connectivity index (χ1) is 14.4. The van der Waals surface area contributed by atoms with Crippen LogP contribution in [0.4, 0.5) is 43.9 Å². The Balaban J connectivity index is 2.53. The fraction of sp³-hybridized carbons (Fsp3) is 0.412. The van der Waals surface area contributed by atoms with Crippen LogP contribution in [0.15, 0.2) is 24.3 Å². The van der Waals surface area contributed by atoms with Crippen molar-refractivity contribution in [2.24, 2.45) is 0 Å². The summed E-state index contributed by atoms with van der Waals surface area (Å²) in [4.78, 5) is 23.8. The second-order valence-corrected chi connectivity index (χ2v) is 5.97. The molecule has 0 unspecified atom stereocenters. The van der Waals surface area contributed by atoms with E-state index in [2.05, 4.69) is 25.0 Å². The molecule has 0 aliphatic heterocycles. The Hall–Kier alpha value is -3.32. The van der Waals surface area contributed by atoms with Crippen molar-refractivity contribution in [3.63, 3.8) is 0 Å². The second kappa shape index (κ2) is 9.22. The molecule has 0 saturated carbocycles. The van der Waals surface area contributed by atoms with Crippen LogP contribution in [-0.2, 0) is 0 Å². The molecule has 1 heterocycles. The van der Waals surface area contributed by atoms with Gasteiger partial charge in [-0.1, -0.05) is 12.1 Å². The number of rotatable bonds is 8. The van der Waals surface area contributed by atoms with Crippen molar-refractivity contribution in [1.82, 2.24) is 15.0 Å². The first-order valence-electron chi connectivity index (χ1n) is 8.77. The summed E-state index contributed by atoms with van der Waals surface area (Å²) >= 11 is 0. The first kappa shape index (κ1) is 24.0. The number of hydrogen-bond acceptors (Lipinski definition) is 7. The maximum Gasteiger partial charge on any atom is 0.434 e. The Morgan fingerprint density at radius 2 is 1.65 bits per heavy atom. The summed E-state index contributed by atoms with van der Waals surface area (Å²) in [6, 6.07) is 4.21. The third-order valence-electron chi connectivity index (χ3n) is 3.87. The van der Waals surface area contributed by atoms with Gasteiger partial charge in [-0.25, -0.2) is 4.79 Å². The topological polar surface area (TPSA) is 100 Å². The van der Waals surface area contributed by atoms with Crippen LogP contribution in [0.25, 0.3) is 0 Å².